The van der Waals surface area contributed by atoms with Gasteiger partial charge in [-0.25, -0.2) is 15.0 Å². The number of aryl methyl sites for hydroxylation is 8. The largest absolute Gasteiger partial charge is 1.00 e. The van der Waals surface area contributed by atoms with Gasteiger partial charge in [0.2, 0.25) is 12.2 Å². The first-order valence-electron chi connectivity index (χ1n) is 24.3. The fourth-order valence-electron chi connectivity index (χ4n) is 7.91. The normalized spacial score (nSPS) is 12.1. The zero-order chi connectivity index (χ0) is 49.9. The number of hydrogen-bond acceptors (Lipinski definition) is 11. The van der Waals surface area contributed by atoms with E-state index >= 15 is 0 Å². The van der Waals surface area contributed by atoms with Crippen LogP contribution in [0.4, 0.5) is 46.0 Å². The van der Waals surface area contributed by atoms with Crippen molar-refractivity contribution in [2.75, 3.05) is 41.5 Å². The average Bonchev–Trinajstić information content (AvgIpc) is 3.65. The zero-order valence-corrected chi connectivity index (χ0v) is 44.1. The minimum Gasteiger partial charge on any atom is -1.00 e. The van der Waals surface area contributed by atoms with Crippen LogP contribution in [0.3, 0.4) is 0 Å². The van der Waals surface area contributed by atoms with Crippen molar-refractivity contribution in [2.45, 2.75) is 95.9 Å². The molecule has 3 N–H and O–H groups in total. The van der Waals surface area contributed by atoms with E-state index in [9.17, 15) is 0 Å². The highest BCUT2D eigenvalue weighted by atomic mass is 35.5. The first-order valence-corrected chi connectivity index (χ1v) is 24.3. The number of fused-ring (bicyclic) bond motifs is 3. The van der Waals surface area contributed by atoms with Gasteiger partial charge in [-0.15, -0.1) is 0 Å². The van der Waals surface area contributed by atoms with Crippen LogP contribution >= 0.6 is 0 Å². The highest BCUT2D eigenvalue weighted by Crippen LogP contribution is 2.47. The summed E-state index contributed by atoms with van der Waals surface area (Å²) in [5.41, 5.74) is 17.8. The number of aromatic nitrogens is 4. The van der Waals surface area contributed by atoms with Gasteiger partial charge in [-0.1, -0.05) is 48.5 Å². The van der Waals surface area contributed by atoms with Gasteiger partial charge in [0.25, 0.3) is 12.3 Å². The minimum absolute atomic E-state index is 0. The molecule has 0 spiro atoms. The molecule has 0 amide bonds. The number of hydrogen-bond donors (Lipinski definition) is 2. The lowest BCUT2D eigenvalue weighted by Crippen LogP contribution is -3.00. The molecule has 2 aromatic heterocycles. The van der Waals surface area contributed by atoms with Gasteiger partial charge in [-0.2, -0.15) is 4.98 Å². The van der Waals surface area contributed by atoms with Crippen LogP contribution < -0.4 is 32.8 Å². The van der Waals surface area contributed by atoms with Crippen LogP contribution in [-0.4, -0.2) is 59.2 Å². The highest BCUT2D eigenvalue weighted by molar-refractivity contribution is 5.89. The molecule has 0 saturated carbocycles. The number of ether oxygens (including phenoxy) is 4. The number of nitrogens with two attached hydrogens (primary N) is 1. The second-order valence-corrected chi connectivity index (χ2v) is 17.4. The average molecular weight is 978 g/mol. The Morgan fingerprint density at radius 1 is 0.479 bits per heavy atom. The molecule has 0 atom stereocenters. The molecule has 8 aromatic rings. The number of benzene rings is 6. The summed E-state index contributed by atoms with van der Waals surface area (Å²) in [4.78, 5) is 24.2. The number of quaternary nitrogens is 1. The van der Waals surface area contributed by atoms with Crippen LogP contribution in [0.15, 0.2) is 121 Å². The van der Waals surface area contributed by atoms with Crippen molar-refractivity contribution < 1.29 is 36.7 Å². The van der Waals surface area contributed by atoms with Crippen molar-refractivity contribution in [3.63, 3.8) is 0 Å². The third kappa shape index (κ3) is 13.1. The fourth-order valence-corrected chi connectivity index (χ4v) is 7.91. The molecule has 0 unspecified atom stereocenters. The van der Waals surface area contributed by atoms with E-state index in [0.29, 0.717) is 26.4 Å². The van der Waals surface area contributed by atoms with Crippen LogP contribution in [0.5, 0.6) is 0 Å². The van der Waals surface area contributed by atoms with Gasteiger partial charge in [0, 0.05) is 49.6 Å². The maximum absolute atomic E-state index is 6.36. The summed E-state index contributed by atoms with van der Waals surface area (Å²) in [6, 6.07) is 41.8. The lowest BCUT2D eigenvalue weighted by atomic mass is 10.1. The third-order valence-electron chi connectivity index (χ3n) is 12.4. The maximum atomic E-state index is 6.36. The second-order valence-electron chi connectivity index (χ2n) is 17.4. The van der Waals surface area contributed by atoms with Gasteiger partial charge in [-0.05, 0) is 194 Å². The summed E-state index contributed by atoms with van der Waals surface area (Å²) in [5, 5.41) is 5.57. The monoisotopic (exact) mass is 977 g/mol. The van der Waals surface area contributed by atoms with Crippen LogP contribution in [0.25, 0.3) is 22.1 Å². The standard InChI is InChI=1S/C27H28N4O.C24H24N4.C7H16O3.ClH/c1-6-32-27-30(21-13-11-17(2)19(4)15-21)25-26(29-24-10-8-7-9-23(24)28-25)31(27)22-14-12-18(3)20(5)16-22;1-15-9-11-19(13-17(15)3)25-23-24(26-20-12-10-16(2)18(4)14-20)28-22-8-6-5-7-21(22)27-23;1-4-8-7(9-5-2)10-6-3;/h7-16,27H,6H2,1-5H3;5-14H,1-4H3,(H,25,27)(H,26,28);7H,4-6H2,1-3H3;1H. The van der Waals surface area contributed by atoms with E-state index in [-0.39, 0.29) is 18.8 Å². The predicted molar refractivity (Wildman–Crippen MR) is 286 cm³/mol. The Hall–Kier alpha value is -6.51. The van der Waals surface area contributed by atoms with Crippen molar-refractivity contribution in [3.05, 3.63) is 166 Å². The van der Waals surface area contributed by atoms with Gasteiger partial charge in [0.1, 0.15) is 5.69 Å². The Morgan fingerprint density at radius 3 is 1.34 bits per heavy atom. The fraction of sp³-hybridized carbons (Fsp3) is 0.310. The number of nitrogens with zero attached hydrogens (tertiary/aromatic N) is 6. The van der Waals surface area contributed by atoms with Crippen LogP contribution in [0.2, 0.25) is 0 Å². The summed E-state index contributed by atoms with van der Waals surface area (Å²) in [6.07, 6.45) is -0.379. The van der Waals surface area contributed by atoms with Crippen molar-refractivity contribution in [1.82, 2.24) is 19.9 Å². The molecule has 372 valence electrons. The van der Waals surface area contributed by atoms with Crippen molar-refractivity contribution in [3.8, 4) is 0 Å². The van der Waals surface area contributed by atoms with Crippen molar-refractivity contribution in [1.29, 1.82) is 0 Å². The number of rotatable bonds is 14. The molecular formula is C58H69ClN8O4. The van der Waals surface area contributed by atoms with E-state index in [1.165, 1.54) is 44.5 Å². The Balaban J connectivity index is 0.000000195. The summed E-state index contributed by atoms with van der Waals surface area (Å²) in [7, 11) is 0. The van der Waals surface area contributed by atoms with E-state index in [4.69, 9.17) is 38.9 Å². The van der Waals surface area contributed by atoms with Gasteiger partial charge >= 0.3 is 0 Å². The number of para-hydroxylation sites is 4. The molecule has 1 aliphatic heterocycles. The summed E-state index contributed by atoms with van der Waals surface area (Å²) >= 11 is 0. The van der Waals surface area contributed by atoms with Crippen LogP contribution in [0.1, 0.15) is 72.2 Å². The van der Waals surface area contributed by atoms with E-state index in [2.05, 4.69) is 149 Å². The Labute approximate surface area is 426 Å². The van der Waals surface area contributed by atoms with Gasteiger partial charge in [0.15, 0.2) is 11.6 Å². The first-order chi connectivity index (χ1) is 33.8. The van der Waals surface area contributed by atoms with Crippen LogP contribution in [0, 0.1) is 55.4 Å². The Morgan fingerprint density at radius 2 is 0.901 bits per heavy atom. The minimum atomic E-state index is -0.472. The molecule has 12 nitrogen and oxygen atoms in total. The molecule has 0 saturated heterocycles. The quantitative estimate of drug-likeness (QED) is 0.0800. The van der Waals surface area contributed by atoms with E-state index in [1.54, 1.807) is 0 Å². The van der Waals surface area contributed by atoms with Crippen molar-refractivity contribution in [2.24, 2.45) is 0 Å². The topological polar surface area (TPSA) is 124 Å². The number of nitrogens with one attached hydrogen (secondary N) is 1. The molecule has 0 fully saturated rings. The molecule has 0 bridgehead atoms. The lowest BCUT2D eigenvalue weighted by molar-refractivity contribution is -0.482. The first kappa shape index (κ1) is 53.8. The number of halogens is 1. The molecule has 13 heteroatoms. The molecule has 3 heterocycles. The molecule has 0 radical (unpaired) electrons. The highest BCUT2D eigenvalue weighted by Gasteiger charge is 2.41. The van der Waals surface area contributed by atoms with E-state index in [1.807, 2.05) is 76.2 Å². The predicted octanol–water partition coefficient (Wildman–Crippen LogP) is 9.99. The number of anilines is 6. The Kier molecular flexibility index (Phi) is 19.0. The van der Waals surface area contributed by atoms with Crippen LogP contribution in [-0.2, 0) is 18.9 Å². The molecule has 1 aliphatic rings. The molecule has 0 aliphatic carbocycles. The molecule has 9 rings (SSSR count). The van der Waals surface area contributed by atoms with Crippen molar-refractivity contribution >= 4 is 68.1 Å². The zero-order valence-electron chi connectivity index (χ0n) is 43.3. The molecule has 71 heavy (non-hydrogen) atoms. The molecule has 6 aromatic carbocycles. The Bertz CT molecular complexity index is 2850. The maximum Gasteiger partial charge on any atom is 0.273 e. The third-order valence-corrected chi connectivity index (χ3v) is 12.4. The SMILES string of the molecule is CCOC(OCC)OCC.CCOC1N(c2ccc(C)c(C)c2)c2nc3ccccc3nc2N1c1ccc(C)c(C)c1.Cc1ccc(Nc2nc3ccccc3nc2[NH2+]c2ccc(C)c(C)c2)cc1C.[Cl-]. The van der Waals surface area contributed by atoms with E-state index < -0.39 is 6.48 Å². The van der Waals surface area contributed by atoms with Gasteiger partial charge < -0.3 is 36.7 Å². The second kappa shape index (κ2) is 25.0. The smallest absolute Gasteiger partial charge is 0.273 e. The van der Waals surface area contributed by atoms with Gasteiger partial charge in [-0.3, -0.25) is 15.1 Å². The van der Waals surface area contributed by atoms with E-state index in [0.717, 1.165) is 68.1 Å². The summed E-state index contributed by atoms with van der Waals surface area (Å²) < 4.78 is 21.6. The summed E-state index contributed by atoms with van der Waals surface area (Å²) in [6.45, 7) is 26.7. The lowest BCUT2D eigenvalue weighted by Gasteiger charge is -2.32. The summed E-state index contributed by atoms with van der Waals surface area (Å²) in [5.74, 6) is 3.22. The van der Waals surface area contributed by atoms with Gasteiger partial charge in [0.05, 0.1) is 22.1 Å². The molecular weight excluding hydrogens is 908 g/mol.